The van der Waals surface area contributed by atoms with Crippen molar-refractivity contribution in [2.24, 2.45) is 0 Å². The van der Waals surface area contributed by atoms with E-state index in [4.69, 9.17) is 11.2 Å². The lowest BCUT2D eigenvalue weighted by Crippen LogP contribution is -2.02. The fourth-order valence-electron chi connectivity index (χ4n) is 1.47. The number of hydrogen-bond donors (Lipinski definition) is 1. The van der Waals surface area contributed by atoms with Gasteiger partial charge in [0.25, 0.3) is 0 Å². The van der Waals surface area contributed by atoms with Gasteiger partial charge in [0.2, 0.25) is 0 Å². The van der Waals surface area contributed by atoms with E-state index in [2.05, 4.69) is 21.9 Å². The van der Waals surface area contributed by atoms with E-state index < -0.39 is 0 Å². The summed E-state index contributed by atoms with van der Waals surface area (Å²) in [5.74, 6) is 3.34. The summed E-state index contributed by atoms with van der Waals surface area (Å²) >= 11 is 3.39. The maximum Gasteiger partial charge on any atom is 0.127 e. The summed E-state index contributed by atoms with van der Waals surface area (Å²) in [5, 5.41) is 9.24. The zero-order valence-electron chi connectivity index (χ0n) is 9.29. The number of benzene rings is 1. The molecule has 86 valence electrons. The van der Waals surface area contributed by atoms with Crippen molar-refractivity contribution >= 4 is 15.9 Å². The van der Waals surface area contributed by atoms with Crippen molar-refractivity contribution < 1.29 is 9.84 Å². The van der Waals surface area contributed by atoms with Crippen LogP contribution in [0.3, 0.4) is 0 Å². The third-order valence-electron chi connectivity index (χ3n) is 2.20. The van der Waals surface area contributed by atoms with Gasteiger partial charge in [0.1, 0.15) is 5.75 Å². The van der Waals surface area contributed by atoms with Crippen LogP contribution in [-0.4, -0.2) is 11.7 Å². The smallest absolute Gasteiger partial charge is 0.127 e. The van der Waals surface area contributed by atoms with E-state index in [1.54, 1.807) is 0 Å². The molecule has 1 rings (SSSR count). The van der Waals surface area contributed by atoms with Crippen LogP contribution in [0, 0.1) is 19.3 Å². The van der Waals surface area contributed by atoms with E-state index in [0.717, 1.165) is 27.8 Å². The zero-order chi connectivity index (χ0) is 12.0. The van der Waals surface area contributed by atoms with Gasteiger partial charge in [-0.2, -0.15) is 0 Å². The molecule has 0 aliphatic heterocycles. The molecule has 0 heterocycles. The van der Waals surface area contributed by atoms with Gasteiger partial charge in [-0.15, -0.1) is 12.3 Å². The van der Waals surface area contributed by atoms with Gasteiger partial charge in [0.05, 0.1) is 13.2 Å². The molecule has 16 heavy (non-hydrogen) atoms. The fourth-order valence-corrected chi connectivity index (χ4v) is 2.09. The van der Waals surface area contributed by atoms with Crippen LogP contribution in [0.2, 0.25) is 0 Å². The number of unbranched alkanes of at least 4 members (excludes halogenated alkanes) is 1. The highest BCUT2D eigenvalue weighted by Crippen LogP contribution is 2.28. The van der Waals surface area contributed by atoms with Crippen LogP contribution in [0.25, 0.3) is 0 Å². The number of halogens is 1. The predicted molar refractivity (Wildman–Crippen MR) is 68.4 cm³/mol. The first-order chi connectivity index (χ1) is 7.69. The fraction of sp³-hybridized carbons (Fsp3) is 0.385. The van der Waals surface area contributed by atoms with Crippen LogP contribution >= 0.6 is 15.9 Å². The highest BCUT2D eigenvalue weighted by atomic mass is 79.9. The Morgan fingerprint density at radius 2 is 2.25 bits per heavy atom. The minimum Gasteiger partial charge on any atom is -0.493 e. The Bertz CT molecular complexity index is 394. The largest absolute Gasteiger partial charge is 0.493 e. The molecule has 0 aliphatic rings. The van der Waals surface area contributed by atoms with Crippen LogP contribution in [-0.2, 0) is 6.61 Å². The third-order valence-corrected chi connectivity index (χ3v) is 2.66. The van der Waals surface area contributed by atoms with Crippen LogP contribution < -0.4 is 4.74 Å². The zero-order valence-corrected chi connectivity index (χ0v) is 10.9. The monoisotopic (exact) mass is 282 g/mol. The summed E-state index contributed by atoms with van der Waals surface area (Å²) < 4.78 is 6.59. The quantitative estimate of drug-likeness (QED) is 0.665. The molecule has 0 bridgehead atoms. The normalized spacial score (nSPS) is 9.88. The number of terminal acetylenes is 1. The lowest BCUT2D eigenvalue weighted by atomic mass is 10.1. The molecule has 1 aromatic carbocycles. The molecule has 2 nitrogen and oxygen atoms in total. The Morgan fingerprint density at radius 1 is 1.50 bits per heavy atom. The predicted octanol–water partition coefficient (Wildman–Crippen LogP) is 3.04. The van der Waals surface area contributed by atoms with Crippen molar-refractivity contribution in [1.82, 2.24) is 0 Å². The number of ether oxygens (including phenoxy) is 1. The molecule has 3 heteroatoms. The van der Waals surface area contributed by atoms with Gasteiger partial charge in [-0.3, -0.25) is 0 Å². The minimum absolute atomic E-state index is 0.0231. The average Bonchev–Trinajstić information content (AvgIpc) is 2.26. The summed E-state index contributed by atoms with van der Waals surface area (Å²) in [6, 6.07) is 3.83. The highest BCUT2D eigenvalue weighted by Gasteiger charge is 2.07. The second-order valence-electron chi connectivity index (χ2n) is 3.53. The Hall–Kier alpha value is -0.980. The van der Waals surface area contributed by atoms with Crippen molar-refractivity contribution in [2.75, 3.05) is 6.61 Å². The van der Waals surface area contributed by atoms with Gasteiger partial charge in [-0.25, -0.2) is 0 Å². The van der Waals surface area contributed by atoms with E-state index in [0.29, 0.717) is 13.0 Å². The molecule has 0 aromatic heterocycles. The first kappa shape index (κ1) is 13.1. The first-order valence-electron chi connectivity index (χ1n) is 5.15. The summed E-state index contributed by atoms with van der Waals surface area (Å²) in [5.41, 5.74) is 1.81. The van der Waals surface area contributed by atoms with Crippen LogP contribution in [0.4, 0.5) is 0 Å². The van der Waals surface area contributed by atoms with Crippen LogP contribution in [0.5, 0.6) is 5.75 Å². The maximum atomic E-state index is 9.24. The second-order valence-corrected chi connectivity index (χ2v) is 4.44. The molecule has 0 spiro atoms. The van der Waals surface area contributed by atoms with Gasteiger partial charge in [-0.05, 0) is 31.0 Å². The van der Waals surface area contributed by atoms with Gasteiger partial charge >= 0.3 is 0 Å². The molecule has 1 aromatic rings. The van der Waals surface area contributed by atoms with E-state index in [9.17, 15) is 5.11 Å². The highest BCUT2D eigenvalue weighted by molar-refractivity contribution is 9.10. The Kier molecular flexibility index (Phi) is 5.37. The molecule has 1 N–H and O–H groups in total. The molecular weight excluding hydrogens is 268 g/mol. The van der Waals surface area contributed by atoms with Gasteiger partial charge in [-0.1, -0.05) is 15.9 Å². The summed E-state index contributed by atoms with van der Waals surface area (Å²) in [6.07, 6.45) is 6.70. The van der Waals surface area contributed by atoms with E-state index in [-0.39, 0.29) is 6.61 Å². The number of hydrogen-bond acceptors (Lipinski definition) is 2. The van der Waals surface area contributed by atoms with E-state index in [1.807, 2.05) is 19.1 Å². The van der Waals surface area contributed by atoms with E-state index >= 15 is 0 Å². The Labute approximate surface area is 105 Å². The maximum absolute atomic E-state index is 9.24. The number of aliphatic hydroxyl groups is 1. The summed E-state index contributed by atoms with van der Waals surface area (Å²) in [7, 11) is 0. The summed E-state index contributed by atoms with van der Waals surface area (Å²) in [4.78, 5) is 0. The van der Waals surface area contributed by atoms with Crippen molar-refractivity contribution in [3.63, 3.8) is 0 Å². The molecule has 0 radical (unpaired) electrons. The van der Waals surface area contributed by atoms with Gasteiger partial charge in [0, 0.05) is 16.5 Å². The summed E-state index contributed by atoms with van der Waals surface area (Å²) in [6.45, 7) is 2.52. The second kappa shape index (κ2) is 6.57. The number of aliphatic hydroxyl groups excluding tert-OH is 1. The van der Waals surface area contributed by atoms with Gasteiger partial charge in [0.15, 0.2) is 0 Å². The van der Waals surface area contributed by atoms with Crippen LogP contribution in [0.1, 0.15) is 24.0 Å². The van der Waals surface area contributed by atoms with E-state index in [1.165, 1.54) is 0 Å². The molecule has 0 fully saturated rings. The molecule has 0 amide bonds. The molecular formula is C13H15BrO2. The first-order valence-corrected chi connectivity index (χ1v) is 5.94. The topological polar surface area (TPSA) is 29.5 Å². The molecule has 0 unspecified atom stereocenters. The van der Waals surface area contributed by atoms with Crippen LogP contribution in [0.15, 0.2) is 16.6 Å². The lowest BCUT2D eigenvalue weighted by Gasteiger charge is -2.13. The average molecular weight is 283 g/mol. The van der Waals surface area contributed by atoms with Crippen molar-refractivity contribution in [2.45, 2.75) is 26.4 Å². The Balaban J connectivity index is 2.74. The lowest BCUT2D eigenvalue weighted by molar-refractivity contribution is 0.261. The number of aryl methyl sites for hydroxylation is 1. The molecule has 0 atom stereocenters. The molecule has 0 saturated carbocycles. The molecule has 0 aliphatic carbocycles. The van der Waals surface area contributed by atoms with Crippen molar-refractivity contribution in [3.8, 4) is 18.1 Å². The third kappa shape index (κ3) is 3.55. The van der Waals surface area contributed by atoms with Crippen molar-refractivity contribution in [1.29, 1.82) is 0 Å². The van der Waals surface area contributed by atoms with Gasteiger partial charge < -0.3 is 9.84 Å². The Morgan fingerprint density at radius 3 is 2.88 bits per heavy atom. The van der Waals surface area contributed by atoms with Crippen molar-refractivity contribution in [3.05, 3.63) is 27.7 Å². The number of rotatable bonds is 5. The molecule has 0 saturated heterocycles. The SMILES string of the molecule is C#CCCCOc1c(C)cc(Br)cc1CO. The minimum atomic E-state index is -0.0231. The standard InChI is InChI=1S/C13H15BrO2/c1-3-4-5-6-16-13-10(2)7-12(14)8-11(13)9-15/h1,7-8,15H,4-6,9H2,2H3.